The summed E-state index contributed by atoms with van der Waals surface area (Å²) >= 11 is 6.56. The Morgan fingerprint density at radius 2 is 2.07 bits per heavy atom. The quantitative estimate of drug-likeness (QED) is 0.357. The van der Waals surface area contributed by atoms with Crippen molar-refractivity contribution in [3.05, 3.63) is 71.5 Å². The number of nitrogens with zero attached hydrogens (tertiary/aromatic N) is 4. The predicted octanol–water partition coefficient (Wildman–Crippen LogP) is 4.81. The molecule has 3 N–H and O–H groups in total. The molecule has 8 heteroatoms. The van der Waals surface area contributed by atoms with Crippen LogP contribution in [0.25, 0.3) is 21.7 Å². The van der Waals surface area contributed by atoms with Gasteiger partial charge in [-0.3, -0.25) is 4.98 Å². The molecular weight excluding hydrogens is 400 g/mol. The Balaban J connectivity index is 1.82. The standard InChI is InChI=1S/C21H14N6S2/c22-10-16-18(12-28)29-20(19(16)13-3-2-7-24-11-13)17-6-8-25-21(27-17)26-15-5-1-4-14(23)9-15/h1-9,11-12H,23H2,(H,25,26,27). The topological polar surface area (TPSA) is 101 Å². The molecule has 0 aliphatic heterocycles. The van der Waals surface area contributed by atoms with Crippen molar-refractivity contribution in [3.63, 3.8) is 0 Å². The molecule has 4 aromatic rings. The van der Waals surface area contributed by atoms with E-state index in [9.17, 15) is 5.26 Å². The number of pyridine rings is 1. The molecule has 0 spiro atoms. The van der Waals surface area contributed by atoms with Crippen LogP contribution in [0.3, 0.4) is 0 Å². The van der Waals surface area contributed by atoms with E-state index in [2.05, 4.69) is 26.3 Å². The molecule has 0 bridgehead atoms. The fraction of sp³-hybridized carbons (Fsp3) is 0. The highest BCUT2D eigenvalue weighted by Gasteiger charge is 2.21. The van der Waals surface area contributed by atoms with E-state index in [4.69, 9.17) is 18.0 Å². The van der Waals surface area contributed by atoms with Gasteiger partial charge in [0, 0.05) is 46.5 Å². The minimum atomic E-state index is 0.432. The second-order valence-electron chi connectivity index (χ2n) is 6.03. The van der Waals surface area contributed by atoms with Gasteiger partial charge in [-0.2, -0.15) is 5.26 Å². The molecule has 0 saturated heterocycles. The number of aromatic nitrogens is 3. The van der Waals surface area contributed by atoms with E-state index in [0.717, 1.165) is 26.6 Å². The lowest BCUT2D eigenvalue weighted by Gasteiger charge is -2.08. The number of nitriles is 1. The van der Waals surface area contributed by atoms with Crippen molar-refractivity contribution < 1.29 is 0 Å². The molecule has 0 fully saturated rings. The van der Waals surface area contributed by atoms with Crippen LogP contribution in [0.5, 0.6) is 0 Å². The number of rotatable bonds is 5. The first-order chi connectivity index (χ1) is 14.2. The van der Waals surface area contributed by atoms with Gasteiger partial charge in [-0.15, -0.1) is 11.3 Å². The fourth-order valence-corrected chi connectivity index (χ4v) is 4.22. The first-order valence-corrected chi connectivity index (χ1v) is 9.87. The van der Waals surface area contributed by atoms with E-state index in [0.29, 0.717) is 22.9 Å². The van der Waals surface area contributed by atoms with Crippen molar-refractivity contribution in [3.8, 4) is 27.8 Å². The number of nitrogen functional groups attached to an aromatic ring is 1. The summed E-state index contributed by atoms with van der Waals surface area (Å²) in [5, 5.41) is 14.4. The highest BCUT2D eigenvalue weighted by Crippen LogP contribution is 2.41. The number of anilines is 3. The molecule has 0 amide bonds. The average molecular weight is 415 g/mol. The van der Waals surface area contributed by atoms with Gasteiger partial charge in [0.1, 0.15) is 6.07 Å². The van der Waals surface area contributed by atoms with Crippen LogP contribution in [-0.2, 0) is 0 Å². The van der Waals surface area contributed by atoms with E-state index in [1.807, 2.05) is 36.4 Å². The van der Waals surface area contributed by atoms with Crippen molar-refractivity contribution in [2.45, 2.75) is 0 Å². The molecule has 140 valence electrons. The van der Waals surface area contributed by atoms with Crippen molar-refractivity contribution in [1.29, 1.82) is 5.26 Å². The summed E-state index contributed by atoms with van der Waals surface area (Å²) in [5.74, 6) is 0.432. The van der Waals surface area contributed by atoms with Crippen LogP contribution in [0.1, 0.15) is 10.4 Å². The SMILES string of the molecule is N#Cc1c(C=S)sc(-c2ccnc(Nc3cccc(N)c3)n2)c1-c1cccnc1. The van der Waals surface area contributed by atoms with E-state index < -0.39 is 0 Å². The van der Waals surface area contributed by atoms with Crippen LogP contribution in [0.15, 0.2) is 61.1 Å². The van der Waals surface area contributed by atoms with Crippen molar-refractivity contribution in [1.82, 2.24) is 15.0 Å². The molecule has 3 heterocycles. The van der Waals surface area contributed by atoms with Crippen molar-refractivity contribution >= 4 is 46.2 Å². The third-order valence-corrected chi connectivity index (χ3v) is 5.68. The van der Waals surface area contributed by atoms with E-state index in [-0.39, 0.29) is 0 Å². The van der Waals surface area contributed by atoms with Gasteiger partial charge in [0.25, 0.3) is 0 Å². The molecule has 1 aromatic carbocycles. The smallest absolute Gasteiger partial charge is 0.227 e. The van der Waals surface area contributed by atoms with Crippen molar-refractivity contribution in [2.24, 2.45) is 0 Å². The Morgan fingerprint density at radius 3 is 2.79 bits per heavy atom. The molecule has 0 radical (unpaired) electrons. The summed E-state index contributed by atoms with van der Waals surface area (Å²) in [4.78, 5) is 14.7. The van der Waals surface area contributed by atoms with Gasteiger partial charge in [-0.1, -0.05) is 24.4 Å². The second-order valence-corrected chi connectivity index (χ2v) is 7.32. The molecule has 0 saturated carbocycles. The number of hydrogen-bond donors (Lipinski definition) is 2. The maximum Gasteiger partial charge on any atom is 0.227 e. The Kier molecular flexibility index (Phi) is 5.24. The van der Waals surface area contributed by atoms with Crippen molar-refractivity contribution in [2.75, 3.05) is 11.1 Å². The third kappa shape index (κ3) is 3.82. The lowest BCUT2D eigenvalue weighted by molar-refractivity contribution is 1.17. The van der Waals surface area contributed by atoms with Crippen LogP contribution < -0.4 is 11.1 Å². The highest BCUT2D eigenvalue weighted by atomic mass is 32.1. The Bertz CT molecular complexity index is 1230. The molecule has 4 rings (SSSR count). The Hall–Kier alpha value is -3.67. The fourth-order valence-electron chi connectivity index (χ4n) is 2.90. The summed E-state index contributed by atoms with van der Waals surface area (Å²) < 4.78 is 0. The zero-order chi connectivity index (χ0) is 20.2. The van der Waals surface area contributed by atoms with Crippen LogP contribution in [0.2, 0.25) is 0 Å². The summed E-state index contributed by atoms with van der Waals surface area (Å²) in [7, 11) is 0. The van der Waals surface area contributed by atoms with Gasteiger partial charge < -0.3 is 11.1 Å². The molecule has 0 unspecified atom stereocenters. The second kappa shape index (κ2) is 8.14. The first-order valence-electron chi connectivity index (χ1n) is 8.58. The third-order valence-electron chi connectivity index (χ3n) is 4.14. The van der Waals surface area contributed by atoms with Gasteiger partial charge in [0.2, 0.25) is 5.95 Å². The number of nitrogens with two attached hydrogens (primary N) is 1. The summed E-state index contributed by atoms with van der Waals surface area (Å²) in [6, 6.07) is 15.2. The molecule has 3 aromatic heterocycles. The highest BCUT2D eigenvalue weighted by molar-refractivity contribution is 7.79. The van der Waals surface area contributed by atoms with E-state index in [1.165, 1.54) is 16.7 Å². The Labute approximate surface area is 176 Å². The van der Waals surface area contributed by atoms with Crippen LogP contribution in [-0.4, -0.2) is 20.3 Å². The van der Waals surface area contributed by atoms with Gasteiger partial charge >= 0.3 is 0 Å². The zero-order valence-electron chi connectivity index (χ0n) is 15.0. The number of nitrogens with one attached hydrogen (secondary N) is 1. The van der Waals surface area contributed by atoms with Gasteiger partial charge in [-0.05, 0) is 30.3 Å². The first kappa shape index (κ1) is 18.7. The normalized spacial score (nSPS) is 10.3. The number of hydrogen-bond acceptors (Lipinski definition) is 8. The molecule has 6 nitrogen and oxygen atoms in total. The summed E-state index contributed by atoms with van der Waals surface area (Å²) in [6.07, 6.45) is 5.10. The maximum absolute atomic E-state index is 9.74. The van der Waals surface area contributed by atoms with Gasteiger partial charge in [-0.25, -0.2) is 9.97 Å². The summed E-state index contributed by atoms with van der Waals surface area (Å²) in [5.41, 5.74) is 10.1. The minimum absolute atomic E-state index is 0.432. The average Bonchev–Trinajstić information content (AvgIpc) is 3.13. The lowest BCUT2D eigenvalue weighted by Crippen LogP contribution is -1.98. The maximum atomic E-state index is 9.74. The van der Waals surface area contributed by atoms with Gasteiger partial charge in [0.05, 0.1) is 21.0 Å². The molecule has 29 heavy (non-hydrogen) atoms. The molecular formula is C21H14N6S2. The monoisotopic (exact) mass is 414 g/mol. The Morgan fingerprint density at radius 1 is 1.17 bits per heavy atom. The van der Waals surface area contributed by atoms with Crippen LogP contribution in [0, 0.1) is 11.3 Å². The number of benzene rings is 1. The largest absolute Gasteiger partial charge is 0.399 e. The van der Waals surface area contributed by atoms with Crippen LogP contribution in [0.4, 0.5) is 17.3 Å². The number of thiophene rings is 1. The van der Waals surface area contributed by atoms with E-state index in [1.54, 1.807) is 24.7 Å². The van der Waals surface area contributed by atoms with Gasteiger partial charge in [0.15, 0.2) is 0 Å². The molecule has 0 aliphatic rings. The molecule has 0 aliphatic carbocycles. The minimum Gasteiger partial charge on any atom is -0.399 e. The van der Waals surface area contributed by atoms with E-state index >= 15 is 0 Å². The lowest BCUT2D eigenvalue weighted by atomic mass is 10.0. The zero-order valence-corrected chi connectivity index (χ0v) is 16.7. The molecule has 0 atom stereocenters. The van der Waals surface area contributed by atoms with Crippen LogP contribution >= 0.6 is 23.6 Å². The predicted molar refractivity (Wildman–Crippen MR) is 120 cm³/mol. The summed E-state index contributed by atoms with van der Waals surface area (Å²) in [6.45, 7) is 0. The number of thiocarbonyl (C=S) groups is 1.